The minimum Gasteiger partial charge on any atom is -0.321 e. The number of H-pyrrole nitrogens is 1. The smallest absolute Gasteiger partial charge is 0.257 e. The minimum atomic E-state index is -0.0958. The first-order chi connectivity index (χ1) is 9.72. The van der Waals surface area contributed by atoms with Gasteiger partial charge in [0, 0.05) is 31.7 Å². The molecule has 1 saturated heterocycles. The van der Waals surface area contributed by atoms with Gasteiger partial charge in [0.1, 0.15) is 0 Å². The maximum Gasteiger partial charge on any atom is 0.257 e. The van der Waals surface area contributed by atoms with E-state index in [1.807, 2.05) is 35.3 Å². The first kappa shape index (κ1) is 12.9. The zero-order valence-electron chi connectivity index (χ0n) is 11.5. The fraction of sp³-hybridized carbons (Fsp3) is 0.333. The molecule has 1 N–H and O–H groups in total. The van der Waals surface area contributed by atoms with E-state index < -0.39 is 0 Å². The minimum absolute atomic E-state index is 0.0958. The van der Waals surface area contributed by atoms with Crippen molar-refractivity contribution in [1.82, 2.24) is 14.9 Å². The monoisotopic (exact) mass is 270 g/mol. The van der Waals surface area contributed by atoms with Gasteiger partial charge in [0.05, 0.1) is 11.8 Å². The highest BCUT2D eigenvalue weighted by Gasteiger charge is 2.11. The Balaban J connectivity index is 1.83. The highest BCUT2D eigenvalue weighted by molar-refractivity contribution is 5.87. The Labute approximate surface area is 117 Å². The predicted octanol–water partition coefficient (Wildman–Crippen LogP) is 1.11. The van der Waals surface area contributed by atoms with E-state index >= 15 is 0 Å². The maximum absolute atomic E-state index is 12.0. The SMILES string of the molecule is CN1CCN(/N=C/c2cc3ccccc3[nH]c2=O)CC1. The summed E-state index contributed by atoms with van der Waals surface area (Å²) in [7, 11) is 2.11. The van der Waals surface area contributed by atoms with Crippen molar-refractivity contribution in [3.8, 4) is 0 Å². The second-order valence-corrected chi connectivity index (χ2v) is 5.14. The molecule has 0 bridgehead atoms. The topological polar surface area (TPSA) is 51.7 Å². The van der Waals surface area contributed by atoms with Crippen LogP contribution in [0.15, 0.2) is 40.2 Å². The Morgan fingerprint density at radius 2 is 1.95 bits per heavy atom. The molecular formula is C15H18N4O. The lowest BCUT2D eigenvalue weighted by Crippen LogP contribution is -2.41. The lowest BCUT2D eigenvalue weighted by molar-refractivity contribution is 0.159. The highest BCUT2D eigenvalue weighted by Crippen LogP contribution is 2.09. The number of nitrogens with zero attached hydrogens (tertiary/aromatic N) is 3. The Kier molecular flexibility index (Phi) is 3.52. The highest BCUT2D eigenvalue weighted by atomic mass is 16.1. The van der Waals surface area contributed by atoms with Crippen LogP contribution in [0.5, 0.6) is 0 Å². The summed E-state index contributed by atoms with van der Waals surface area (Å²) in [4.78, 5) is 17.1. The van der Waals surface area contributed by atoms with E-state index in [1.165, 1.54) is 0 Å². The Morgan fingerprint density at radius 1 is 1.20 bits per heavy atom. The average Bonchev–Trinajstić information content (AvgIpc) is 2.47. The number of aromatic amines is 1. The predicted molar refractivity (Wildman–Crippen MR) is 81.2 cm³/mol. The van der Waals surface area contributed by atoms with Crippen LogP contribution in [0.1, 0.15) is 5.56 Å². The fourth-order valence-corrected chi connectivity index (χ4v) is 2.32. The summed E-state index contributed by atoms with van der Waals surface area (Å²) >= 11 is 0. The summed E-state index contributed by atoms with van der Waals surface area (Å²) in [5, 5.41) is 7.45. The van der Waals surface area contributed by atoms with Gasteiger partial charge in [0.25, 0.3) is 5.56 Å². The van der Waals surface area contributed by atoms with E-state index in [0.717, 1.165) is 37.1 Å². The molecule has 104 valence electrons. The third-order valence-electron chi connectivity index (χ3n) is 3.62. The molecule has 2 heterocycles. The molecule has 5 nitrogen and oxygen atoms in total. The third-order valence-corrected chi connectivity index (χ3v) is 3.62. The molecule has 0 aliphatic carbocycles. The molecule has 0 unspecified atom stereocenters. The summed E-state index contributed by atoms with van der Waals surface area (Å²) in [5.41, 5.74) is 1.36. The average molecular weight is 270 g/mol. The molecule has 1 fully saturated rings. The summed E-state index contributed by atoms with van der Waals surface area (Å²) in [5.74, 6) is 0. The van der Waals surface area contributed by atoms with E-state index in [0.29, 0.717) is 5.56 Å². The summed E-state index contributed by atoms with van der Waals surface area (Å²) in [6.45, 7) is 3.81. The van der Waals surface area contributed by atoms with Crippen molar-refractivity contribution in [2.24, 2.45) is 5.10 Å². The molecule has 2 aromatic rings. The second kappa shape index (κ2) is 5.46. The number of piperazine rings is 1. The number of pyridine rings is 1. The first-order valence-electron chi connectivity index (χ1n) is 6.82. The van der Waals surface area contributed by atoms with Gasteiger partial charge in [0.2, 0.25) is 0 Å². The molecule has 1 aliphatic rings. The van der Waals surface area contributed by atoms with Crippen LogP contribution >= 0.6 is 0 Å². The maximum atomic E-state index is 12.0. The number of hydrazone groups is 1. The zero-order valence-corrected chi connectivity index (χ0v) is 11.5. The number of hydrogen-bond donors (Lipinski definition) is 1. The van der Waals surface area contributed by atoms with Gasteiger partial charge in [-0.05, 0) is 24.6 Å². The van der Waals surface area contributed by atoms with Crippen LogP contribution in [0.4, 0.5) is 0 Å². The molecule has 0 atom stereocenters. The van der Waals surface area contributed by atoms with Gasteiger partial charge in [-0.25, -0.2) is 0 Å². The molecule has 20 heavy (non-hydrogen) atoms. The molecule has 5 heteroatoms. The van der Waals surface area contributed by atoms with Crippen molar-refractivity contribution in [1.29, 1.82) is 0 Å². The molecule has 0 amide bonds. The third kappa shape index (κ3) is 2.72. The van der Waals surface area contributed by atoms with Crippen LogP contribution in [-0.2, 0) is 0 Å². The van der Waals surface area contributed by atoms with Gasteiger partial charge in [-0.1, -0.05) is 18.2 Å². The summed E-state index contributed by atoms with van der Waals surface area (Å²) in [6.07, 6.45) is 1.66. The van der Waals surface area contributed by atoms with Crippen LogP contribution in [0.25, 0.3) is 10.9 Å². The number of fused-ring (bicyclic) bond motifs is 1. The molecule has 0 spiro atoms. The quantitative estimate of drug-likeness (QED) is 0.832. The number of para-hydroxylation sites is 1. The number of rotatable bonds is 2. The zero-order chi connectivity index (χ0) is 13.9. The lowest BCUT2D eigenvalue weighted by Gasteiger charge is -2.30. The number of benzene rings is 1. The van der Waals surface area contributed by atoms with E-state index in [4.69, 9.17) is 0 Å². The van der Waals surface area contributed by atoms with E-state index in [2.05, 4.69) is 22.0 Å². The van der Waals surface area contributed by atoms with Crippen molar-refractivity contribution in [3.63, 3.8) is 0 Å². The van der Waals surface area contributed by atoms with E-state index in [1.54, 1.807) is 6.21 Å². The van der Waals surface area contributed by atoms with Gasteiger partial charge in [-0.2, -0.15) is 5.10 Å². The molecule has 1 aromatic heterocycles. The van der Waals surface area contributed by atoms with Crippen molar-refractivity contribution in [2.45, 2.75) is 0 Å². The second-order valence-electron chi connectivity index (χ2n) is 5.14. The Bertz CT molecular complexity index is 684. The summed E-state index contributed by atoms with van der Waals surface area (Å²) in [6, 6.07) is 9.64. The van der Waals surface area contributed by atoms with Crippen LogP contribution < -0.4 is 5.56 Å². The van der Waals surface area contributed by atoms with Crippen LogP contribution in [-0.4, -0.2) is 54.3 Å². The van der Waals surface area contributed by atoms with Crippen LogP contribution in [0.2, 0.25) is 0 Å². The largest absolute Gasteiger partial charge is 0.321 e. The lowest BCUT2D eigenvalue weighted by atomic mass is 10.2. The Hall–Kier alpha value is -2.14. The normalized spacial score (nSPS) is 17.1. The van der Waals surface area contributed by atoms with Crippen LogP contribution in [0.3, 0.4) is 0 Å². The molecular weight excluding hydrogens is 252 g/mol. The van der Waals surface area contributed by atoms with Crippen molar-refractivity contribution < 1.29 is 0 Å². The number of aromatic nitrogens is 1. The molecule has 3 rings (SSSR count). The van der Waals surface area contributed by atoms with Gasteiger partial charge < -0.3 is 9.88 Å². The Morgan fingerprint density at radius 3 is 2.75 bits per heavy atom. The van der Waals surface area contributed by atoms with Crippen LogP contribution in [0, 0.1) is 0 Å². The molecule has 1 aliphatic heterocycles. The van der Waals surface area contributed by atoms with Gasteiger partial charge in [-0.15, -0.1) is 0 Å². The first-order valence-corrected chi connectivity index (χ1v) is 6.82. The molecule has 0 saturated carbocycles. The van der Waals surface area contributed by atoms with Gasteiger partial charge in [-0.3, -0.25) is 9.80 Å². The van der Waals surface area contributed by atoms with Crippen molar-refractivity contribution >= 4 is 17.1 Å². The van der Waals surface area contributed by atoms with E-state index in [9.17, 15) is 4.79 Å². The van der Waals surface area contributed by atoms with Gasteiger partial charge >= 0.3 is 0 Å². The van der Waals surface area contributed by atoms with Gasteiger partial charge in [0.15, 0.2) is 0 Å². The molecule has 1 aromatic carbocycles. The number of likely N-dealkylation sites (N-methyl/N-ethyl adjacent to an activating group) is 1. The number of hydrogen-bond acceptors (Lipinski definition) is 4. The fourth-order valence-electron chi connectivity index (χ4n) is 2.32. The summed E-state index contributed by atoms with van der Waals surface area (Å²) < 4.78 is 0. The van der Waals surface area contributed by atoms with Crippen molar-refractivity contribution in [2.75, 3.05) is 33.2 Å². The standard InChI is InChI=1S/C15H18N4O/c1-18-6-8-19(9-7-18)16-11-13-10-12-4-2-3-5-14(12)17-15(13)20/h2-5,10-11H,6-9H2,1H3,(H,17,20)/b16-11+. The number of nitrogens with one attached hydrogen (secondary N) is 1. The van der Waals surface area contributed by atoms with Crippen molar-refractivity contribution in [3.05, 3.63) is 46.2 Å². The molecule has 0 radical (unpaired) electrons. The van der Waals surface area contributed by atoms with E-state index in [-0.39, 0.29) is 5.56 Å².